The topological polar surface area (TPSA) is 66.5 Å². The minimum absolute atomic E-state index is 0.0260. The van der Waals surface area contributed by atoms with Gasteiger partial charge in [0.15, 0.2) is 0 Å². The Labute approximate surface area is 181 Å². The third kappa shape index (κ3) is 4.90. The van der Waals surface area contributed by atoms with Crippen molar-refractivity contribution in [1.29, 1.82) is 0 Å². The number of carbonyl (C=O) groups is 1. The number of carbonyl (C=O) groups excluding carboxylic acids is 1. The van der Waals surface area contributed by atoms with Gasteiger partial charge in [0.2, 0.25) is 15.9 Å². The Morgan fingerprint density at radius 1 is 1.10 bits per heavy atom. The molecule has 0 aliphatic carbocycles. The van der Waals surface area contributed by atoms with Crippen molar-refractivity contribution in [2.45, 2.75) is 44.4 Å². The van der Waals surface area contributed by atoms with E-state index in [1.807, 2.05) is 25.1 Å². The molecule has 1 heterocycles. The van der Waals surface area contributed by atoms with Gasteiger partial charge >= 0.3 is 0 Å². The van der Waals surface area contributed by atoms with Crippen LogP contribution >= 0.6 is 15.9 Å². The summed E-state index contributed by atoms with van der Waals surface area (Å²) in [4.78, 5) is 13.2. The average Bonchev–Trinajstić information content (AvgIpc) is 2.69. The van der Waals surface area contributed by atoms with Crippen LogP contribution in [-0.2, 0) is 14.8 Å². The van der Waals surface area contributed by atoms with Gasteiger partial charge in [-0.25, -0.2) is 8.42 Å². The Hall–Kier alpha value is -1.70. The highest BCUT2D eigenvalue weighted by molar-refractivity contribution is 9.10. The second kappa shape index (κ2) is 8.98. The molecule has 0 aromatic heterocycles. The van der Waals surface area contributed by atoms with Crippen LogP contribution < -0.4 is 5.32 Å². The van der Waals surface area contributed by atoms with Gasteiger partial charge in [0.05, 0.1) is 4.90 Å². The van der Waals surface area contributed by atoms with Crippen molar-refractivity contribution in [3.05, 3.63) is 58.1 Å². The van der Waals surface area contributed by atoms with Gasteiger partial charge in [0.1, 0.15) is 0 Å². The van der Waals surface area contributed by atoms with Crippen LogP contribution in [0, 0.1) is 12.8 Å². The molecule has 3 rings (SSSR count). The molecule has 5 nitrogen and oxygen atoms in total. The Bertz CT molecular complexity index is 980. The number of nitrogens with one attached hydrogen (secondary N) is 1. The van der Waals surface area contributed by atoms with Gasteiger partial charge in [-0.05, 0) is 61.1 Å². The zero-order chi connectivity index (χ0) is 21.2. The van der Waals surface area contributed by atoms with Crippen LogP contribution in [0.1, 0.15) is 43.7 Å². The van der Waals surface area contributed by atoms with Gasteiger partial charge < -0.3 is 5.32 Å². The molecule has 0 saturated carbocycles. The molecule has 0 radical (unpaired) electrons. The normalized spacial score (nSPS) is 16.2. The van der Waals surface area contributed by atoms with E-state index in [1.54, 1.807) is 24.3 Å². The molecule has 29 heavy (non-hydrogen) atoms. The SMILES string of the molecule is Cc1cccc(C(C)C)c1NC(=O)C1CCN(S(=O)(=O)c2ccc(Br)cc2)CC1. The molecule has 0 unspecified atom stereocenters. The number of hydrogen-bond donors (Lipinski definition) is 1. The number of rotatable bonds is 5. The van der Waals surface area contributed by atoms with Crippen molar-refractivity contribution in [1.82, 2.24) is 4.31 Å². The molecular formula is C22H27BrN2O3S. The molecule has 1 aliphatic heterocycles. The van der Waals surface area contributed by atoms with Crippen molar-refractivity contribution < 1.29 is 13.2 Å². The number of nitrogens with zero attached hydrogens (tertiary/aromatic N) is 1. The first-order chi connectivity index (χ1) is 13.7. The van der Waals surface area contributed by atoms with E-state index >= 15 is 0 Å². The molecule has 2 aromatic rings. The summed E-state index contributed by atoms with van der Waals surface area (Å²) in [5.41, 5.74) is 3.05. The number of piperidine rings is 1. The third-order valence-electron chi connectivity index (χ3n) is 5.45. The molecule has 156 valence electrons. The number of sulfonamides is 1. The summed E-state index contributed by atoms with van der Waals surface area (Å²) in [7, 11) is -3.53. The first-order valence-corrected chi connectivity index (χ1v) is 12.1. The van der Waals surface area contributed by atoms with E-state index in [1.165, 1.54) is 4.31 Å². The van der Waals surface area contributed by atoms with E-state index in [-0.39, 0.29) is 16.7 Å². The summed E-state index contributed by atoms with van der Waals surface area (Å²) in [5, 5.41) is 3.11. The highest BCUT2D eigenvalue weighted by Crippen LogP contribution is 2.30. The summed E-state index contributed by atoms with van der Waals surface area (Å²) in [6, 6.07) is 12.7. The van der Waals surface area contributed by atoms with E-state index < -0.39 is 10.0 Å². The van der Waals surface area contributed by atoms with E-state index in [0.717, 1.165) is 21.3 Å². The third-order valence-corrected chi connectivity index (χ3v) is 7.89. The molecule has 0 bridgehead atoms. The predicted octanol–water partition coefficient (Wildman–Crippen LogP) is 4.92. The van der Waals surface area contributed by atoms with Crippen molar-refractivity contribution in [2.24, 2.45) is 5.92 Å². The maximum atomic E-state index is 12.9. The Balaban J connectivity index is 1.67. The molecule has 1 saturated heterocycles. The van der Waals surface area contributed by atoms with Gasteiger partial charge in [-0.1, -0.05) is 48.0 Å². The lowest BCUT2D eigenvalue weighted by atomic mass is 9.95. The van der Waals surface area contributed by atoms with Gasteiger partial charge in [0.25, 0.3) is 0 Å². The van der Waals surface area contributed by atoms with Gasteiger partial charge in [-0.15, -0.1) is 0 Å². The minimum atomic E-state index is -3.53. The number of halogens is 1. The zero-order valence-corrected chi connectivity index (χ0v) is 19.4. The van der Waals surface area contributed by atoms with E-state index in [0.29, 0.717) is 31.8 Å². The quantitative estimate of drug-likeness (QED) is 0.662. The largest absolute Gasteiger partial charge is 0.325 e. The lowest BCUT2D eigenvalue weighted by Crippen LogP contribution is -2.41. The van der Waals surface area contributed by atoms with Gasteiger partial charge in [0, 0.05) is 29.2 Å². The van der Waals surface area contributed by atoms with Crippen LogP contribution in [0.5, 0.6) is 0 Å². The van der Waals surface area contributed by atoms with Gasteiger partial charge in [-0.2, -0.15) is 4.31 Å². The smallest absolute Gasteiger partial charge is 0.243 e. The number of anilines is 1. The molecule has 1 fully saturated rings. The molecule has 0 atom stereocenters. The average molecular weight is 479 g/mol. The number of benzene rings is 2. The number of amides is 1. The Morgan fingerprint density at radius 2 is 1.72 bits per heavy atom. The first kappa shape index (κ1) is 22.0. The summed E-state index contributed by atoms with van der Waals surface area (Å²) in [6.45, 7) is 6.91. The zero-order valence-electron chi connectivity index (χ0n) is 17.0. The van der Waals surface area contributed by atoms with E-state index in [4.69, 9.17) is 0 Å². The summed E-state index contributed by atoms with van der Waals surface area (Å²) >= 11 is 3.33. The van der Waals surface area contributed by atoms with Gasteiger partial charge in [-0.3, -0.25) is 4.79 Å². The van der Waals surface area contributed by atoms with Crippen LogP contribution in [0.15, 0.2) is 51.8 Å². The minimum Gasteiger partial charge on any atom is -0.325 e. The second-order valence-corrected chi connectivity index (χ2v) is 10.7. The monoisotopic (exact) mass is 478 g/mol. The summed E-state index contributed by atoms with van der Waals surface area (Å²) in [5.74, 6) is 0.0935. The Morgan fingerprint density at radius 3 is 2.31 bits per heavy atom. The molecular weight excluding hydrogens is 452 g/mol. The molecule has 1 aliphatic rings. The van der Waals surface area contributed by atoms with Crippen molar-refractivity contribution >= 4 is 37.5 Å². The maximum absolute atomic E-state index is 12.9. The number of hydrogen-bond acceptors (Lipinski definition) is 3. The van der Waals surface area contributed by atoms with Crippen LogP contribution in [0.25, 0.3) is 0 Å². The number of para-hydroxylation sites is 1. The highest BCUT2D eigenvalue weighted by Gasteiger charge is 2.32. The predicted molar refractivity (Wildman–Crippen MR) is 120 cm³/mol. The molecule has 2 aromatic carbocycles. The number of aryl methyl sites for hydroxylation is 1. The standard InChI is InChI=1S/C22H27BrN2O3S/c1-15(2)20-6-4-5-16(3)21(20)24-22(26)17-11-13-25(14-12-17)29(27,28)19-9-7-18(23)8-10-19/h4-10,15,17H,11-14H2,1-3H3,(H,24,26). The lowest BCUT2D eigenvalue weighted by Gasteiger charge is -2.31. The van der Waals surface area contributed by atoms with Crippen LogP contribution in [0.4, 0.5) is 5.69 Å². The fourth-order valence-corrected chi connectivity index (χ4v) is 5.42. The van der Waals surface area contributed by atoms with Crippen molar-refractivity contribution in [2.75, 3.05) is 18.4 Å². The lowest BCUT2D eigenvalue weighted by molar-refractivity contribution is -0.120. The van der Waals surface area contributed by atoms with Crippen LogP contribution in [-0.4, -0.2) is 31.7 Å². The maximum Gasteiger partial charge on any atom is 0.243 e. The second-order valence-electron chi connectivity index (χ2n) is 7.82. The van der Waals surface area contributed by atoms with E-state index in [9.17, 15) is 13.2 Å². The molecule has 1 N–H and O–H groups in total. The molecule has 1 amide bonds. The van der Waals surface area contributed by atoms with E-state index in [2.05, 4.69) is 35.1 Å². The fraction of sp³-hybridized carbons (Fsp3) is 0.409. The Kier molecular flexibility index (Phi) is 6.81. The van der Waals surface area contributed by atoms with Crippen molar-refractivity contribution in [3.8, 4) is 0 Å². The van der Waals surface area contributed by atoms with Crippen molar-refractivity contribution in [3.63, 3.8) is 0 Å². The summed E-state index contributed by atoms with van der Waals surface area (Å²) < 4.78 is 28.0. The van der Waals surface area contributed by atoms with Crippen LogP contribution in [0.2, 0.25) is 0 Å². The summed E-state index contributed by atoms with van der Waals surface area (Å²) in [6.07, 6.45) is 1.04. The van der Waals surface area contributed by atoms with Crippen LogP contribution in [0.3, 0.4) is 0 Å². The molecule has 0 spiro atoms. The first-order valence-electron chi connectivity index (χ1n) is 9.86. The fourth-order valence-electron chi connectivity index (χ4n) is 3.68. The highest BCUT2D eigenvalue weighted by atomic mass is 79.9. The molecule has 7 heteroatoms.